The number of aliphatic hydroxyl groups excluding tert-OH is 1. The minimum Gasteiger partial charge on any atom is -0.507 e. The highest BCUT2D eigenvalue weighted by atomic mass is 16.5. The molecule has 2 fully saturated rings. The van der Waals surface area contributed by atoms with E-state index in [1.807, 2.05) is 33.8 Å². The zero-order chi connectivity index (χ0) is 25.3. The lowest BCUT2D eigenvalue weighted by molar-refractivity contribution is -0.140. The first kappa shape index (κ1) is 24.9. The van der Waals surface area contributed by atoms with Crippen LogP contribution >= 0.6 is 0 Å². The molecule has 0 bridgehead atoms. The van der Waals surface area contributed by atoms with E-state index in [-0.39, 0.29) is 11.3 Å². The van der Waals surface area contributed by atoms with E-state index in [0.717, 1.165) is 42.9 Å². The first-order chi connectivity index (χ1) is 16.8. The van der Waals surface area contributed by atoms with E-state index >= 15 is 0 Å². The van der Waals surface area contributed by atoms with Crippen molar-refractivity contribution in [2.45, 2.75) is 46.6 Å². The van der Waals surface area contributed by atoms with E-state index < -0.39 is 17.7 Å². The molecule has 2 N–H and O–H groups in total. The Labute approximate surface area is 206 Å². The molecule has 35 heavy (non-hydrogen) atoms. The van der Waals surface area contributed by atoms with Crippen molar-refractivity contribution in [2.24, 2.45) is 0 Å². The van der Waals surface area contributed by atoms with Gasteiger partial charge in [-0.05, 0) is 76.9 Å². The highest BCUT2D eigenvalue weighted by Gasteiger charge is 2.46. The lowest BCUT2D eigenvalue weighted by atomic mass is 9.94. The Balaban J connectivity index is 1.84. The first-order valence-corrected chi connectivity index (χ1v) is 12.3. The fourth-order valence-corrected chi connectivity index (χ4v) is 5.24. The highest BCUT2D eigenvalue weighted by molar-refractivity contribution is 6.46. The number of Topliss-reactive ketones (excluding diaryl/α,β-unsaturated/α-hetero) is 1. The molecular weight excluding hydrogens is 446 g/mol. The third-order valence-corrected chi connectivity index (χ3v) is 7.12. The van der Waals surface area contributed by atoms with Gasteiger partial charge in [0.05, 0.1) is 25.3 Å². The smallest absolute Gasteiger partial charge is 0.295 e. The van der Waals surface area contributed by atoms with E-state index in [1.165, 1.54) is 0 Å². The van der Waals surface area contributed by atoms with Crippen molar-refractivity contribution in [1.29, 1.82) is 0 Å². The third kappa shape index (κ3) is 4.55. The molecular formula is C27H35N3O5. The molecule has 1 unspecified atom stereocenters. The molecule has 188 valence electrons. The van der Waals surface area contributed by atoms with Crippen LogP contribution in [-0.4, -0.2) is 71.5 Å². The van der Waals surface area contributed by atoms with E-state index in [0.29, 0.717) is 42.3 Å². The second-order valence-corrected chi connectivity index (χ2v) is 9.26. The maximum absolute atomic E-state index is 13.4. The second kappa shape index (κ2) is 10.2. The number of ether oxygens (including phenoxy) is 2. The largest absolute Gasteiger partial charge is 0.507 e. The number of aromatic nitrogens is 1. The molecule has 0 radical (unpaired) electrons. The van der Waals surface area contributed by atoms with Gasteiger partial charge in [0.1, 0.15) is 5.76 Å². The number of ketones is 1. The quantitative estimate of drug-likeness (QED) is 0.338. The van der Waals surface area contributed by atoms with Gasteiger partial charge in [0.25, 0.3) is 11.7 Å². The molecule has 2 aliphatic heterocycles. The van der Waals surface area contributed by atoms with Crippen molar-refractivity contribution >= 4 is 17.4 Å². The van der Waals surface area contributed by atoms with Gasteiger partial charge in [-0.25, -0.2) is 0 Å². The molecule has 2 aliphatic rings. The van der Waals surface area contributed by atoms with Gasteiger partial charge in [0.15, 0.2) is 11.5 Å². The SMILES string of the molecule is CCOc1ccc(C2/C(=C(\O)c3c(C)[nH]c(C)c3C)C(=O)C(=O)N2CCN2CCCC2)cc1OC. The van der Waals surface area contributed by atoms with Crippen LogP contribution in [-0.2, 0) is 9.59 Å². The summed E-state index contributed by atoms with van der Waals surface area (Å²) < 4.78 is 11.2. The zero-order valence-corrected chi connectivity index (χ0v) is 21.2. The lowest BCUT2D eigenvalue weighted by Crippen LogP contribution is -2.37. The number of carbonyl (C=O) groups excluding carboxylic acids is 2. The van der Waals surface area contributed by atoms with E-state index in [2.05, 4.69) is 9.88 Å². The number of methoxy groups -OCH3 is 1. The number of rotatable bonds is 8. The molecule has 2 saturated heterocycles. The molecule has 3 heterocycles. The first-order valence-electron chi connectivity index (χ1n) is 12.3. The number of nitrogens with zero attached hydrogens (tertiary/aromatic N) is 2. The van der Waals surface area contributed by atoms with Crippen LogP contribution in [0.25, 0.3) is 5.76 Å². The summed E-state index contributed by atoms with van der Waals surface area (Å²) in [5, 5.41) is 11.5. The topological polar surface area (TPSA) is 95.1 Å². The standard InChI is InChI=1S/C27H35N3O5/c1-6-35-20-10-9-19(15-21(20)34-5)24-23(25(31)22-16(2)17(3)28-18(22)4)26(32)27(33)30(24)14-13-29-11-7-8-12-29/h9-10,15,24,28,31H,6-8,11-14H2,1-5H3/b25-23+. The average Bonchev–Trinajstić information content (AvgIpc) is 3.51. The van der Waals surface area contributed by atoms with Crippen molar-refractivity contribution in [3.05, 3.63) is 51.9 Å². The summed E-state index contributed by atoms with van der Waals surface area (Å²) in [6.07, 6.45) is 2.29. The minimum atomic E-state index is -0.726. The number of benzene rings is 1. The number of hydrogen-bond acceptors (Lipinski definition) is 6. The molecule has 0 saturated carbocycles. The fraction of sp³-hybridized carbons (Fsp3) is 0.481. The molecule has 0 spiro atoms. The molecule has 8 heteroatoms. The monoisotopic (exact) mass is 481 g/mol. The summed E-state index contributed by atoms with van der Waals surface area (Å²) in [7, 11) is 1.56. The number of aryl methyl sites for hydroxylation is 2. The molecule has 8 nitrogen and oxygen atoms in total. The molecule has 0 aliphatic carbocycles. The van der Waals surface area contributed by atoms with Crippen molar-refractivity contribution < 1.29 is 24.2 Å². The van der Waals surface area contributed by atoms with Crippen LogP contribution in [0.15, 0.2) is 23.8 Å². The molecule has 1 aromatic carbocycles. The molecule has 1 amide bonds. The van der Waals surface area contributed by atoms with Crippen LogP contribution < -0.4 is 9.47 Å². The number of H-pyrrole nitrogens is 1. The Hall–Kier alpha value is -3.26. The summed E-state index contributed by atoms with van der Waals surface area (Å²) in [4.78, 5) is 33.8. The van der Waals surface area contributed by atoms with Crippen LogP contribution in [0.1, 0.15) is 53.9 Å². The highest BCUT2D eigenvalue weighted by Crippen LogP contribution is 2.43. The fourth-order valence-electron chi connectivity index (χ4n) is 5.24. The number of aromatic amines is 1. The number of likely N-dealkylation sites (tertiary alicyclic amines) is 2. The van der Waals surface area contributed by atoms with Crippen molar-refractivity contribution in [3.63, 3.8) is 0 Å². The van der Waals surface area contributed by atoms with Gasteiger partial charge in [-0.3, -0.25) is 9.59 Å². The van der Waals surface area contributed by atoms with Crippen molar-refractivity contribution in [1.82, 2.24) is 14.8 Å². The molecule has 4 rings (SSSR count). The van der Waals surface area contributed by atoms with E-state index in [9.17, 15) is 14.7 Å². The number of nitrogens with one attached hydrogen (secondary N) is 1. The number of carbonyl (C=O) groups is 2. The minimum absolute atomic E-state index is 0.104. The van der Waals surface area contributed by atoms with Crippen LogP contribution in [0.4, 0.5) is 0 Å². The number of hydrogen-bond donors (Lipinski definition) is 2. The van der Waals surface area contributed by atoms with Gasteiger partial charge in [0, 0.05) is 30.0 Å². The maximum atomic E-state index is 13.4. The Bertz CT molecular complexity index is 1160. The lowest BCUT2D eigenvalue weighted by Gasteiger charge is -2.28. The summed E-state index contributed by atoms with van der Waals surface area (Å²) in [6, 6.07) is 4.69. The molecule has 1 aromatic heterocycles. The maximum Gasteiger partial charge on any atom is 0.295 e. The zero-order valence-electron chi connectivity index (χ0n) is 21.2. The second-order valence-electron chi connectivity index (χ2n) is 9.26. The van der Waals surface area contributed by atoms with Crippen LogP contribution in [0.5, 0.6) is 11.5 Å². The average molecular weight is 482 g/mol. The van der Waals surface area contributed by atoms with E-state index in [1.54, 1.807) is 24.1 Å². The van der Waals surface area contributed by atoms with Crippen molar-refractivity contribution in [3.8, 4) is 11.5 Å². The predicted molar refractivity (Wildman–Crippen MR) is 134 cm³/mol. The van der Waals surface area contributed by atoms with Gasteiger partial charge >= 0.3 is 0 Å². The Morgan fingerprint density at radius 1 is 1.09 bits per heavy atom. The Kier molecular flexibility index (Phi) is 7.21. The third-order valence-electron chi connectivity index (χ3n) is 7.12. The normalized spacial score (nSPS) is 20.1. The van der Waals surface area contributed by atoms with Crippen LogP contribution in [0, 0.1) is 20.8 Å². The summed E-state index contributed by atoms with van der Waals surface area (Å²) >= 11 is 0. The van der Waals surface area contributed by atoms with Gasteiger partial charge in [0.2, 0.25) is 0 Å². The molecule has 1 atom stereocenters. The van der Waals surface area contributed by atoms with Gasteiger partial charge in [-0.15, -0.1) is 0 Å². The Morgan fingerprint density at radius 3 is 2.40 bits per heavy atom. The number of amides is 1. The summed E-state index contributed by atoms with van der Waals surface area (Å²) in [5.41, 5.74) is 3.88. The van der Waals surface area contributed by atoms with Crippen LogP contribution in [0.2, 0.25) is 0 Å². The van der Waals surface area contributed by atoms with Crippen molar-refractivity contribution in [2.75, 3.05) is 39.9 Å². The van der Waals surface area contributed by atoms with Crippen LogP contribution in [0.3, 0.4) is 0 Å². The summed E-state index contributed by atoms with van der Waals surface area (Å²) in [5.74, 6) is -0.310. The van der Waals surface area contributed by atoms with Gasteiger partial charge in [-0.1, -0.05) is 6.07 Å². The predicted octanol–water partition coefficient (Wildman–Crippen LogP) is 3.86. The van der Waals surface area contributed by atoms with Gasteiger partial charge < -0.3 is 29.4 Å². The number of aliphatic hydroxyl groups is 1. The van der Waals surface area contributed by atoms with Gasteiger partial charge in [-0.2, -0.15) is 0 Å². The molecule has 2 aromatic rings. The van der Waals surface area contributed by atoms with E-state index in [4.69, 9.17) is 9.47 Å². The Morgan fingerprint density at radius 2 is 1.80 bits per heavy atom. The summed E-state index contributed by atoms with van der Waals surface area (Å²) in [6.45, 7) is 11.1.